The van der Waals surface area contributed by atoms with Gasteiger partial charge in [-0.2, -0.15) is 0 Å². The third-order valence-corrected chi connectivity index (χ3v) is 3.60. The van der Waals surface area contributed by atoms with Gasteiger partial charge in [0.25, 0.3) is 5.91 Å². The Morgan fingerprint density at radius 3 is 2.95 bits per heavy atom. The number of aromatic nitrogens is 4. The number of carbonyl (C=O) groups excluding carboxylic acids is 1. The second-order valence-electron chi connectivity index (χ2n) is 5.84. The summed E-state index contributed by atoms with van der Waals surface area (Å²) in [6.07, 6.45) is 5.70. The molecule has 3 rings (SSSR count). The van der Waals surface area contributed by atoms with E-state index in [-0.39, 0.29) is 5.91 Å². The molecule has 0 radical (unpaired) electrons. The Morgan fingerprint density at radius 2 is 2.23 bits per heavy atom. The number of hydrogen-bond donors (Lipinski definition) is 1. The fraction of sp³-hybridized carbons (Fsp3) is 0.467. The van der Waals surface area contributed by atoms with Crippen molar-refractivity contribution in [3.05, 3.63) is 35.9 Å². The molecular weight excluding hydrogens is 280 g/mol. The van der Waals surface area contributed by atoms with Crippen molar-refractivity contribution in [1.29, 1.82) is 0 Å². The van der Waals surface area contributed by atoms with Gasteiger partial charge in [-0.1, -0.05) is 0 Å². The first-order valence-electron chi connectivity index (χ1n) is 7.43. The van der Waals surface area contributed by atoms with E-state index in [1.807, 2.05) is 26.2 Å². The molecule has 0 spiro atoms. The first-order chi connectivity index (χ1) is 10.6. The first-order valence-corrected chi connectivity index (χ1v) is 7.43. The molecule has 0 aliphatic heterocycles. The first kappa shape index (κ1) is 14.6. The highest BCUT2D eigenvalue weighted by Gasteiger charge is 2.24. The number of carbonyl (C=O) groups is 1. The number of likely N-dealkylation sites (N-methyl/N-ethyl adjacent to an activating group) is 1. The zero-order chi connectivity index (χ0) is 15.5. The number of rotatable bonds is 6. The van der Waals surface area contributed by atoms with Crippen LogP contribution in [-0.4, -0.2) is 51.2 Å². The summed E-state index contributed by atoms with van der Waals surface area (Å²) < 4.78 is 1.71. The second-order valence-corrected chi connectivity index (χ2v) is 5.84. The Balaban J connectivity index is 1.62. The van der Waals surface area contributed by atoms with Gasteiger partial charge in [-0.25, -0.2) is 9.67 Å². The van der Waals surface area contributed by atoms with E-state index in [1.54, 1.807) is 17.2 Å². The van der Waals surface area contributed by atoms with Gasteiger partial charge in [0.2, 0.25) is 5.95 Å². The molecule has 116 valence electrons. The molecule has 0 saturated heterocycles. The Bertz CT molecular complexity index is 662. The maximum absolute atomic E-state index is 12.2. The van der Waals surface area contributed by atoms with Gasteiger partial charge in [0.05, 0.1) is 6.54 Å². The second kappa shape index (κ2) is 6.23. The van der Waals surface area contributed by atoms with Crippen molar-refractivity contribution in [3.63, 3.8) is 0 Å². The molecule has 22 heavy (non-hydrogen) atoms. The fourth-order valence-electron chi connectivity index (χ4n) is 2.17. The average molecular weight is 300 g/mol. The standard InChI is InChI=1S/C15H20N6O/c1-20(2)7-8-21-10-17-15(19-21)18-14(22)13-9-12(5-6-16-13)11-3-4-11/h5-6,9-11H,3-4,7-8H2,1-2H3,(H,18,19,22). The third-order valence-electron chi connectivity index (χ3n) is 3.60. The van der Waals surface area contributed by atoms with Gasteiger partial charge in [-0.15, -0.1) is 5.10 Å². The number of nitrogens with one attached hydrogen (secondary N) is 1. The van der Waals surface area contributed by atoms with Crippen LogP contribution in [0.5, 0.6) is 0 Å². The summed E-state index contributed by atoms with van der Waals surface area (Å²) in [5, 5.41) is 6.93. The summed E-state index contributed by atoms with van der Waals surface area (Å²) in [6, 6.07) is 3.83. The van der Waals surface area contributed by atoms with E-state index in [0.717, 1.165) is 13.1 Å². The summed E-state index contributed by atoms with van der Waals surface area (Å²) in [4.78, 5) is 22.5. The molecule has 1 fully saturated rings. The highest BCUT2D eigenvalue weighted by Crippen LogP contribution is 2.39. The molecule has 0 atom stereocenters. The molecule has 1 aliphatic rings. The molecule has 0 aromatic carbocycles. The van der Waals surface area contributed by atoms with Crippen LogP contribution in [0.25, 0.3) is 0 Å². The SMILES string of the molecule is CN(C)CCn1cnc(NC(=O)c2cc(C3CC3)ccn2)n1. The van der Waals surface area contributed by atoms with Crippen LogP contribution in [0, 0.1) is 0 Å². The van der Waals surface area contributed by atoms with Crippen LogP contribution in [-0.2, 0) is 6.54 Å². The normalized spacial score (nSPS) is 14.3. The van der Waals surface area contributed by atoms with Crippen molar-refractivity contribution >= 4 is 11.9 Å². The smallest absolute Gasteiger partial charge is 0.276 e. The molecular formula is C15H20N6O. The van der Waals surface area contributed by atoms with Crippen LogP contribution in [0.4, 0.5) is 5.95 Å². The van der Waals surface area contributed by atoms with E-state index in [2.05, 4.69) is 25.3 Å². The largest absolute Gasteiger partial charge is 0.308 e. The van der Waals surface area contributed by atoms with Crippen molar-refractivity contribution < 1.29 is 4.79 Å². The number of amides is 1. The maximum Gasteiger partial charge on any atom is 0.276 e. The van der Waals surface area contributed by atoms with Crippen LogP contribution >= 0.6 is 0 Å². The Hall–Kier alpha value is -2.28. The molecule has 1 amide bonds. The van der Waals surface area contributed by atoms with Crippen molar-refractivity contribution in [2.24, 2.45) is 0 Å². The molecule has 1 saturated carbocycles. The number of pyridine rings is 1. The van der Waals surface area contributed by atoms with Crippen LogP contribution in [0.3, 0.4) is 0 Å². The van der Waals surface area contributed by atoms with Gasteiger partial charge < -0.3 is 4.90 Å². The van der Waals surface area contributed by atoms with E-state index >= 15 is 0 Å². The highest BCUT2D eigenvalue weighted by atomic mass is 16.2. The van der Waals surface area contributed by atoms with Gasteiger partial charge in [-0.05, 0) is 50.6 Å². The van der Waals surface area contributed by atoms with Gasteiger partial charge >= 0.3 is 0 Å². The molecule has 0 bridgehead atoms. The van der Waals surface area contributed by atoms with Crippen molar-refractivity contribution in [3.8, 4) is 0 Å². The minimum absolute atomic E-state index is 0.271. The van der Waals surface area contributed by atoms with Crippen LogP contribution in [0.1, 0.15) is 34.8 Å². The number of anilines is 1. The van der Waals surface area contributed by atoms with Crippen molar-refractivity contribution in [2.75, 3.05) is 26.0 Å². The van der Waals surface area contributed by atoms with E-state index < -0.39 is 0 Å². The lowest BCUT2D eigenvalue weighted by Crippen LogP contribution is -2.19. The quantitative estimate of drug-likeness (QED) is 0.872. The number of nitrogens with zero attached hydrogens (tertiary/aromatic N) is 5. The molecule has 0 unspecified atom stereocenters. The topological polar surface area (TPSA) is 75.9 Å². The van der Waals surface area contributed by atoms with Crippen molar-refractivity contribution in [1.82, 2.24) is 24.6 Å². The molecule has 1 aliphatic carbocycles. The molecule has 2 heterocycles. The monoisotopic (exact) mass is 300 g/mol. The van der Waals surface area contributed by atoms with Crippen LogP contribution in [0.15, 0.2) is 24.7 Å². The maximum atomic E-state index is 12.2. The van der Waals surface area contributed by atoms with Gasteiger partial charge in [0, 0.05) is 12.7 Å². The molecule has 1 N–H and O–H groups in total. The van der Waals surface area contributed by atoms with Gasteiger partial charge in [0.15, 0.2) is 0 Å². The van der Waals surface area contributed by atoms with Gasteiger partial charge in [0.1, 0.15) is 12.0 Å². The lowest BCUT2D eigenvalue weighted by atomic mass is 10.1. The van der Waals surface area contributed by atoms with Crippen LogP contribution in [0.2, 0.25) is 0 Å². The Morgan fingerprint density at radius 1 is 1.41 bits per heavy atom. The predicted molar refractivity (Wildman–Crippen MR) is 82.7 cm³/mol. The highest BCUT2D eigenvalue weighted by molar-refractivity contribution is 6.01. The Labute approximate surface area is 129 Å². The van der Waals surface area contributed by atoms with Crippen molar-refractivity contribution in [2.45, 2.75) is 25.3 Å². The average Bonchev–Trinajstić information content (AvgIpc) is 3.26. The summed E-state index contributed by atoms with van der Waals surface area (Å²) in [5.41, 5.74) is 1.60. The summed E-state index contributed by atoms with van der Waals surface area (Å²) in [7, 11) is 4.00. The van der Waals surface area contributed by atoms with E-state index in [0.29, 0.717) is 17.6 Å². The minimum atomic E-state index is -0.271. The number of hydrogen-bond acceptors (Lipinski definition) is 5. The lowest BCUT2D eigenvalue weighted by molar-refractivity contribution is 0.102. The molecule has 2 aromatic heterocycles. The lowest BCUT2D eigenvalue weighted by Gasteiger charge is -2.08. The van der Waals surface area contributed by atoms with Crippen LogP contribution < -0.4 is 5.32 Å². The predicted octanol–water partition coefficient (Wildman–Crippen LogP) is 1.36. The summed E-state index contributed by atoms with van der Waals surface area (Å²) >= 11 is 0. The van der Waals surface area contributed by atoms with E-state index in [1.165, 1.54) is 18.4 Å². The summed E-state index contributed by atoms with van der Waals surface area (Å²) in [6.45, 7) is 1.59. The summed E-state index contributed by atoms with van der Waals surface area (Å²) in [5.74, 6) is 0.633. The zero-order valence-electron chi connectivity index (χ0n) is 12.9. The minimum Gasteiger partial charge on any atom is -0.308 e. The van der Waals surface area contributed by atoms with Gasteiger partial charge in [-0.3, -0.25) is 15.1 Å². The Kier molecular flexibility index (Phi) is 4.15. The van der Waals surface area contributed by atoms with E-state index in [4.69, 9.17) is 0 Å². The zero-order valence-corrected chi connectivity index (χ0v) is 12.9. The molecule has 7 heteroatoms. The molecule has 7 nitrogen and oxygen atoms in total. The molecule has 2 aromatic rings. The fourth-order valence-corrected chi connectivity index (χ4v) is 2.17. The third kappa shape index (κ3) is 3.67. The van der Waals surface area contributed by atoms with E-state index in [9.17, 15) is 4.79 Å².